The molecule has 0 aromatic heterocycles. The summed E-state index contributed by atoms with van der Waals surface area (Å²) in [5.41, 5.74) is 0. The Balaban J connectivity index is 3.15. The molecule has 0 nitrogen and oxygen atoms in total. The van der Waals surface area contributed by atoms with E-state index in [0.29, 0.717) is 24.6 Å². The summed E-state index contributed by atoms with van der Waals surface area (Å²) in [6.07, 6.45) is 0. The second-order valence-corrected chi connectivity index (χ2v) is 7.99. The molecule has 7 heavy (non-hydrogen) atoms. The Morgan fingerprint density at radius 2 is 1.71 bits per heavy atom. The van der Waals surface area contributed by atoms with Gasteiger partial charge in [0.1, 0.15) is 0 Å². The highest BCUT2D eigenvalue weighted by atomic mass is 127. The quantitative estimate of drug-likeness (QED) is 0.464. The highest BCUT2D eigenvalue weighted by molar-refractivity contribution is 14.2. The highest BCUT2D eigenvalue weighted by Gasteiger charge is 2.06. The molecule has 0 heterocycles. The van der Waals surface area contributed by atoms with E-state index >= 15 is 0 Å². The number of rotatable bonds is 1. The van der Waals surface area contributed by atoms with Crippen LogP contribution in [-0.4, -0.2) is 7.85 Å². The minimum Gasteiger partial charge on any atom is -0.146 e. The van der Waals surface area contributed by atoms with Crippen LogP contribution in [0.15, 0.2) is 0 Å². The lowest BCUT2D eigenvalue weighted by atomic mass is 10.3. The molecule has 0 fully saturated rings. The molecule has 0 atom stereocenters. The topological polar surface area (TPSA) is 0 Å². The van der Waals surface area contributed by atoms with Crippen LogP contribution in [0.4, 0.5) is 0 Å². The summed E-state index contributed by atoms with van der Waals surface area (Å²) < 4.78 is 2.08. The van der Waals surface area contributed by atoms with Gasteiger partial charge in [-0.2, -0.15) is 0 Å². The Kier molecular flexibility index (Phi) is 3.20. The summed E-state index contributed by atoms with van der Waals surface area (Å²) >= 11 is 0.485. The van der Waals surface area contributed by atoms with Crippen molar-refractivity contribution in [2.75, 3.05) is 4.43 Å². The van der Waals surface area contributed by atoms with Crippen molar-refractivity contribution in [1.29, 1.82) is 0 Å². The third-order valence-corrected chi connectivity index (χ3v) is 3.59. The number of hydrogen-bond acceptors (Lipinski definition) is 0. The monoisotopic (exact) mass is 213 g/mol. The van der Waals surface area contributed by atoms with E-state index in [0.717, 1.165) is 0 Å². The molecular formula is C6H14I. The molecule has 0 amide bonds. The van der Waals surface area contributed by atoms with Gasteiger partial charge in [0.05, 0.1) is 0 Å². The molecule has 0 aliphatic carbocycles. The van der Waals surface area contributed by atoms with Gasteiger partial charge in [0, 0.05) is 3.42 Å². The first kappa shape index (κ1) is 7.73. The zero-order valence-corrected chi connectivity index (χ0v) is 7.74. The fourth-order valence-electron chi connectivity index (χ4n) is 0.401. The van der Waals surface area contributed by atoms with E-state index in [1.165, 1.54) is 4.43 Å². The van der Waals surface area contributed by atoms with Crippen LogP contribution in [0.2, 0.25) is 0 Å². The van der Waals surface area contributed by atoms with Crippen LogP contribution in [0.5, 0.6) is 0 Å². The van der Waals surface area contributed by atoms with E-state index in [1.807, 2.05) is 0 Å². The maximum absolute atomic E-state index is 2.32. The summed E-state index contributed by atoms with van der Waals surface area (Å²) in [7, 11) is 0. The van der Waals surface area contributed by atoms with Gasteiger partial charge in [-0.3, -0.25) is 0 Å². The lowest BCUT2D eigenvalue weighted by molar-refractivity contribution is 0.844. The van der Waals surface area contributed by atoms with Gasteiger partial charge in [-0.25, -0.2) is 0 Å². The molecule has 0 saturated carbocycles. The molecule has 0 unspecified atom stereocenters. The summed E-state index contributed by atoms with van der Waals surface area (Å²) in [5.74, 6) is 0. The molecule has 45 valence electrons. The predicted octanol–water partition coefficient (Wildman–Crippen LogP) is 2.78. The SMILES string of the molecule is CC[I]C(C)(C)C. The Bertz CT molecular complexity index is 42.6. The van der Waals surface area contributed by atoms with Crippen molar-refractivity contribution >= 4 is 21.2 Å². The van der Waals surface area contributed by atoms with Gasteiger partial charge in [-0.15, -0.1) is 21.2 Å². The van der Waals surface area contributed by atoms with E-state index in [-0.39, 0.29) is 0 Å². The van der Waals surface area contributed by atoms with Crippen molar-refractivity contribution in [2.24, 2.45) is 0 Å². The van der Waals surface area contributed by atoms with Gasteiger partial charge in [-0.1, -0.05) is 27.7 Å². The number of alkyl halides is 2. The summed E-state index contributed by atoms with van der Waals surface area (Å²) in [4.78, 5) is 0. The molecule has 0 aliphatic rings. The van der Waals surface area contributed by atoms with Gasteiger partial charge < -0.3 is 0 Å². The fraction of sp³-hybridized carbons (Fsp3) is 1.00. The van der Waals surface area contributed by atoms with Gasteiger partial charge >= 0.3 is 0 Å². The van der Waals surface area contributed by atoms with Crippen LogP contribution in [0.1, 0.15) is 27.7 Å². The molecule has 0 aromatic rings. The van der Waals surface area contributed by atoms with E-state index in [2.05, 4.69) is 27.7 Å². The maximum atomic E-state index is 2.32. The Labute approximate surface area is 56.9 Å². The number of hydrogen-bond donors (Lipinski definition) is 0. The maximum Gasteiger partial charge on any atom is 0.00531 e. The Hall–Kier alpha value is 0.730. The van der Waals surface area contributed by atoms with E-state index in [9.17, 15) is 0 Å². The Morgan fingerprint density at radius 3 is 1.71 bits per heavy atom. The molecule has 0 N–H and O–H groups in total. The van der Waals surface area contributed by atoms with Crippen molar-refractivity contribution < 1.29 is 0 Å². The van der Waals surface area contributed by atoms with E-state index in [1.54, 1.807) is 0 Å². The second kappa shape index (κ2) is 2.90. The number of halogens is 1. The average Bonchev–Trinajstić information content (AvgIpc) is 1.30. The first-order valence-electron chi connectivity index (χ1n) is 2.66. The van der Waals surface area contributed by atoms with Crippen molar-refractivity contribution in [3.05, 3.63) is 0 Å². The van der Waals surface area contributed by atoms with E-state index < -0.39 is 0 Å². The smallest absolute Gasteiger partial charge is 0.00531 e. The summed E-state index contributed by atoms with van der Waals surface area (Å²) in [5, 5.41) is 0. The predicted molar refractivity (Wildman–Crippen MR) is 44.3 cm³/mol. The molecule has 1 radical (unpaired) electrons. The van der Waals surface area contributed by atoms with Crippen LogP contribution < -0.4 is 0 Å². The van der Waals surface area contributed by atoms with Crippen molar-refractivity contribution in [3.63, 3.8) is 0 Å². The van der Waals surface area contributed by atoms with Crippen LogP contribution in [0.25, 0.3) is 0 Å². The minimum absolute atomic E-state index is 0.485. The largest absolute Gasteiger partial charge is 0.146 e. The summed E-state index contributed by atoms with van der Waals surface area (Å²) in [6.45, 7) is 9.25. The van der Waals surface area contributed by atoms with Gasteiger partial charge in [0.2, 0.25) is 0 Å². The zero-order chi connectivity index (χ0) is 5.91. The van der Waals surface area contributed by atoms with Gasteiger partial charge in [0.15, 0.2) is 0 Å². The van der Waals surface area contributed by atoms with Crippen LogP contribution in [-0.2, 0) is 0 Å². The first-order valence-corrected chi connectivity index (χ1v) is 5.27. The van der Waals surface area contributed by atoms with Crippen molar-refractivity contribution in [3.8, 4) is 0 Å². The lowest BCUT2D eigenvalue weighted by Crippen LogP contribution is -2.04. The molecular weight excluding hydrogens is 199 g/mol. The van der Waals surface area contributed by atoms with Gasteiger partial charge in [0.25, 0.3) is 0 Å². The average molecular weight is 213 g/mol. The third-order valence-electron chi connectivity index (χ3n) is 0.535. The highest BCUT2D eigenvalue weighted by Crippen LogP contribution is 2.29. The van der Waals surface area contributed by atoms with Crippen LogP contribution >= 0.6 is 21.2 Å². The lowest BCUT2D eigenvalue weighted by Gasteiger charge is -2.14. The summed E-state index contributed by atoms with van der Waals surface area (Å²) in [6, 6.07) is 0. The standard InChI is InChI=1S/C6H14I/c1-5-7-6(2,3)4/h5H2,1-4H3. The normalized spacial score (nSPS) is 12.0. The molecule has 0 aliphatic heterocycles. The van der Waals surface area contributed by atoms with Crippen molar-refractivity contribution in [1.82, 2.24) is 0 Å². The minimum atomic E-state index is 0.485. The van der Waals surface area contributed by atoms with E-state index in [4.69, 9.17) is 0 Å². The molecule has 0 bridgehead atoms. The van der Waals surface area contributed by atoms with Crippen molar-refractivity contribution in [2.45, 2.75) is 31.1 Å². The molecule has 0 aromatic carbocycles. The third kappa shape index (κ3) is 6.73. The molecule has 0 spiro atoms. The molecule has 0 rings (SSSR count). The van der Waals surface area contributed by atoms with Gasteiger partial charge in [-0.05, 0) is 4.43 Å². The molecule has 1 heteroatoms. The van der Waals surface area contributed by atoms with Crippen LogP contribution in [0, 0.1) is 0 Å². The molecule has 0 saturated heterocycles. The second-order valence-electron chi connectivity index (χ2n) is 2.47. The Morgan fingerprint density at radius 1 is 1.29 bits per heavy atom. The fourth-order valence-corrected chi connectivity index (χ4v) is 2.69. The zero-order valence-electron chi connectivity index (χ0n) is 5.59. The van der Waals surface area contributed by atoms with Crippen LogP contribution in [0.3, 0.4) is 0 Å². The first-order chi connectivity index (χ1) is 3.06.